The van der Waals surface area contributed by atoms with E-state index in [1.807, 2.05) is 13.8 Å². The van der Waals surface area contributed by atoms with E-state index in [1.54, 1.807) is 13.1 Å². The first-order valence-electron chi connectivity index (χ1n) is 5.33. The number of hydrogen-bond donors (Lipinski definition) is 4. The Hall–Kier alpha value is -1.89. The largest absolute Gasteiger partial charge is 0.391 e. The lowest BCUT2D eigenvalue weighted by Gasteiger charge is -2.30. The van der Waals surface area contributed by atoms with E-state index in [-0.39, 0.29) is 5.95 Å². The van der Waals surface area contributed by atoms with E-state index < -0.39 is 11.6 Å². The molecular formula is C10H16N6O. The minimum atomic E-state index is -0.541. The van der Waals surface area contributed by atoms with Crippen LogP contribution in [0.3, 0.4) is 0 Å². The molecule has 7 heteroatoms. The molecule has 5 N–H and O–H groups in total. The number of aliphatic hydroxyl groups excluding tert-OH is 1. The fourth-order valence-corrected chi connectivity index (χ4v) is 1.36. The van der Waals surface area contributed by atoms with E-state index in [0.29, 0.717) is 11.5 Å². The number of aromatic nitrogens is 4. The molecule has 1 atom stereocenters. The maximum absolute atomic E-state index is 9.67. The number of rotatable bonds is 3. The standard InChI is InChI=1S/C10H16N6O/c1-5(17)10(2,3)15-7-6-4-12-16-8(6)14-9(11)13-7/h4-5,17H,1-3H3,(H4,11,12,13,14,15,16). The molecule has 0 aromatic carbocycles. The van der Waals surface area contributed by atoms with Crippen LogP contribution in [0.5, 0.6) is 0 Å². The van der Waals surface area contributed by atoms with Crippen molar-refractivity contribution in [3.8, 4) is 0 Å². The van der Waals surface area contributed by atoms with Gasteiger partial charge in [-0.25, -0.2) is 0 Å². The van der Waals surface area contributed by atoms with Gasteiger partial charge in [-0.05, 0) is 20.8 Å². The van der Waals surface area contributed by atoms with Crippen LogP contribution in [0.15, 0.2) is 6.20 Å². The van der Waals surface area contributed by atoms with Gasteiger partial charge in [-0.1, -0.05) is 0 Å². The van der Waals surface area contributed by atoms with E-state index in [9.17, 15) is 5.11 Å². The predicted octanol–water partition coefficient (Wildman–Crippen LogP) is 0.506. The molecule has 0 aliphatic rings. The summed E-state index contributed by atoms with van der Waals surface area (Å²) in [6, 6.07) is 0. The average molecular weight is 236 g/mol. The topological polar surface area (TPSA) is 113 Å². The summed E-state index contributed by atoms with van der Waals surface area (Å²) in [5.41, 5.74) is 5.65. The van der Waals surface area contributed by atoms with E-state index in [1.165, 1.54) is 0 Å². The lowest BCUT2D eigenvalue weighted by molar-refractivity contribution is 0.133. The van der Waals surface area contributed by atoms with Gasteiger partial charge in [0.25, 0.3) is 0 Å². The quantitative estimate of drug-likeness (QED) is 0.617. The fraction of sp³-hybridized carbons (Fsp3) is 0.500. The highest BCUT2D eigenvalue weighted by atomic mass is 16.3. The molecule has 0 spiro atoms. The summed E-state index contributed by atoms with van der Waals surface area (Å²) in [6.07, 6.45) is 1.08. The minimum absolute atomic E-state index is 0.158. The third-order valence-corrected chi connectivity index (χ3v) is 2.81. The molecule has 0 saturated heterocycles. The van der Waals surface area contributed by atoms with Crippen LogP contribution < -0.4 is 11.1 Å². The van der Waals surface area contributed by atoms with Gasteiger partial charge in [-0.2, -0.15) is 15.1 Å². The molecule has 2 aromatic heterocycles. The zero-order chi connectivity index (χ0) is 12.6. The summed E-state index contributed by atoms with van der Waals surface area (Å²) in [5.74, 6) is 0.720. The lowest BCUT2D eigenvalue weighted by atomic mass is 9.99. The van der Waals surface area contributed by atoms with Crippen molar-refractivity contribution in [2.75, 3.05) is 11.1 Å². The normalized spacial score (nSPS) is 13.9. The number of nitrogens with zero attached hydrogens (tertiary/aromatic N) is 3. The van der Waals surface area contributed by atoms with E-state index in [0.717, 1.165) is 5.39 Å². The van der Waals surface area contributed by atoms with Gasteiger partial charge >= 0.3 is 0 Å². The number of H-pyrrole nitrogens is 1. The highest BCUT2D eigenvalue weighted by Gasteiger charge is 2.25. The smallest absolute Gasteiger partial charge is 0.224 e. The van der Waals surface area contributed by atoms with E-state index in [2.05, 4.69) is 25.5 Å². The number of aromatic amines is 1. The third kappa shape index (κ3) is 2.14. The number of aliphatic hydroxyl groups is 1. The van der Waals surface area contributed by atoms with Crippen LogP contribution in [0.1, 0.15) is 20.8 Å². The minimum Gasteiger partial charge on any atom is -0.391 e. The Morgan fingerprint density at radius 1 is 1.47 bits per heavy atom. The van der Waals surface area contributed by atoms with Crippen molar-refractivity contribution >= 4 is 22.8 Å². The number of anilines is 2. The highest BCUT2D eigenvalue weighted by Crippen LogP contribution is 2.23. The second-order valence-electron chi connectivity index (χ2n) is 4.59. The Kier molecular flexibility index (Phi) is 2.62. The SMILES string of the molecule is CC(O)C(C)(C)Nc1nc(N)nc2[nH]ncc12. The van der Waals surface area contributed by atoms with Gasteiger partial charge < -0.3 is 16.2 Å². The molecule has 0 amide bonds. The number of nitrogens with two attached hydrogens (primary N) is 1. The number of fused-ring (bicyclic) bond motifs is 1. The summed E-state index contributed by atoms with van der Waals surface area (Å²) in [7, 11) is 0. The molecule has 2 aromatic rings. The Labute approximate surface area is 98.5 Å². The van der Waals surface area contributed by atoms with Crippen molar-refractivity contribution in [2.45, 2.75) is 32.4 Å². The monoisotopic (exact) mass is 236 g/mol. The molecular weight excluding hydrogens is 220 g/mol. The van der Waals surface area contributed by atoms with Gasteiger partial charge in [-0.15, -0.1) is 0 Å². The van der Waals surface area contributed by atoms with Gasteiger partial charge in [0.05, 0.1) is 23.2 Å². The van der Waals surface area contributed by atoms with E-state index >= 15 is 0 Å². The fourth-order valence-electron chi connectivity index (χ4n) is 1.36. The van der Waals surface area contributed by atoms with Crippen molar-refractivity contribution < 1.29 is 5.11 Å². The maximum Gasteiger partial charge on any atom is 0.224 e. The first-order valence-corrected chi connectivity index (χ1v) is 5.33. The highest BCUT2D eigenvalue weighted by molar-refractivity contribution is 5.87. The number of nitrogens with one attached hydrogen (secondary N) is 2. The van der Waals surface area contributed by atoms with Crippen LogP contribution >= 0.6 is 0 Å². The average Bonchev–Trinajstić information content (AvgIpc) is 2.64. The zero-order valence-corrected chi connectivity index (χ0v) is 10.0. The van der Waals surface area contributed by atoms with Gasteiger partial charge in [0.15, 0.2) is 5.65 Å². The molecule has 0 saturated carbocycles. The molecule has 1 unspecified atom stereocenters. The summed E-state index contributed by atoms with van der Waals surface area (Å²) in [4.78, 5) is 8.14. The second kappa shape index (κ2) is 3.85. The zero-order valence-electron chi connectivity index (χ0n) is 10.0. The van der Waals surface area contributed by atoms with Crippen LogP contribution in [0.25, 0.3) is 11.0 Å². The van der Waals surface area contributed by atoms with Gasteiger partial charge in [0.2, 0.25) is 5.95 Å². The molecule has 17 heavy (non-hydrogen) atoms. The summed E-state index contributed by atoms with van der Waals surface area (Å²) in [5, 5.41) is 20.2. The van der Waals surface area contributed by atoms with Crippen molar-refractivity contribution in [3.05, 3.63) is 6.20 Å². The molecule has 0 bridgehead atoms. The van der Waals surface area contributed by atoms with Crippen molar-refractivity contribution in [3.63, 3.8) is 0 Å². The Bertz CT molecular complexity index is 533. The van der Waals surface area contributed by atoms with Crippen LogP contribution in [-0.2, 0) is 0 Å². The number of hydrogen-bond acceptors (Lipinski definition) is 6. The molecule has 0 aliphatic carbocycles. The van der Waals surface area contributed by atoms with Crippen molar-refractivity contribution in [2.24, 2.45) is 0 Å². The van der Waals surface area contributed by atoms with Crippen LogP contribution in [0.4, 0.5) is 11.8 Å². The van der Waals surface area contributed by atoms with Crippen molar-refractivity contribution in [1.82, 2.24) is 20.2 Å². The maximum atomic E-state index is 9.67. The Balaban J connectivity index is 2.45. The molecule has 92 valence electrons. The summed E-state index contributed by atoms with van der Waals surface area (Å²) < 4.78 is 0. The van der Waals surface area contributed by atoms with Gasteiger partial charge in [0, 0.05) is 0 Å². The molecule has 0 radical (unpaired) electrons. The van der Waals surface area contributed by atoms with Gasteiger partial charge in [0.1, 0.15) is 5.82 Å². The molecule has 2 heterocycles. The van der Waals surface area contributed by atoms with Crippen LogP contribution in [0.2, 0.25) is 0 Å². The predicted molar refractivity (Wildman–Crippen MR) is 65.5 cm³/mol. The number of nitrogen functional groups attached to an aromatic ring is 1. The van der Waals surface area contributed by atoms with Crippen LogP contribution in [-0.4, -0.2) is 36.9 Å². The van der Waals surface area contributed by atoms with Crippen molar-refractivity contribution in [1.29, 1.82) is 0 Å². The third-order valence-electron chi connectivity index (χ3n) is 2.81. The first-order chi connectivity index (χ1) is 7.90. The summed E-state index contributed by atoms with van der Waals surface area (Å²) in [6.45, 7) is 5.47. The lowest BCUT2D eigenvalue weighted by Crippen LogP contribution is -2.42. The molecule has 0 fully saturated rings. The van der Waals surface area contributed by atoms with Gasteiger partial charge in [-0.3, -0.25) is 5.10 Å². The molecule has 0 aliphatic heterocycles. The second-order valence-corrected chi connectivity index (χ2v) is 4.59. The molecule has 7 nitrogen and oxygen atoms in total. The molecule has 2 rings (SSSR count). The summed E-state index contributed by atoms with van der Waals surface area (Å²) >= 11 is 0. The first kappa shape index (κ1) is 11.6. The van der Waals surface area contributed by atoms with E-state index in [4.69, 9.17) is 5.73 Å². The van der Waals surface area contributed by atoms with Crippen LogP contribution in [0, 0.1) is 0 Å². The Morgan fingerprint density at radius 2 is 2.18 bits per heavy atom. The Morgan fingerprint density at radius 3 is 2.82 bits per heavy atom.